The second kappa shape index (κ2) is 5.34. The molecular formula is C11H8IN3O4. The maximum Gasteiger partial charge on any atom is 0.269 e. The molecule has 0 bridgehead atoms. The third kappa shape index (κ3) is 2.89. The van der Waals surface area contributed by atoms with Gasteiger partial charge in [0.2, 0.25) is 5.88 Å². The number of nitro groups is 1. The average molecular weight is 373 g/mol. The minimum atomic E-state index is -0.480. The van der Waals surface area contributed by atoms with Crippen molar-refractivity contribution in [3.63, 3.8) is 0 Å². The highest BCUT2D eigenvalue weighted by atomic mass is 127. The van der Waals surface area contributed by atoms with E-state index in [0.717, 1.165) is 0 Å². The zero-order valence-corrected chi connectivity index (χ0v) is 11.9. The normalized spacial score (nSPS) is 10.2. The number of nitrogens with one attached hydrogen (secondary N) is 1. The Hall–Kier alpha value is -1.97. The summed E-state index contributed by atoms with van der Waals surface area (Å²) in [5.74, 6) is 0.586. The molecule has 2 rings (SSSR count). The predicted molar refractivity (Wildman–Crippen MR) is 75.5 cm³/mol. The quantitative estimate of drug-likeness (QED) is 0.506. The molecule has 1 N–H and O–H groups in total. The second-order valence-electron chi connectivity index (χ2n) is 3.66. The van der Waals surface area contributed by atoms with Gasteiger partial charge in [0.05, 0.1) is 11.3 Å². The van der Waals surface area contributed by atoms with E-state index in [-0.39, 0.29) is 17.1 Å². The Kier molecular flexibility index (Phi) is 3.79. The number of nitrogens with zero attached hydrogens (tertiary/aromatic N) is 2. The van der Waals surface area contributed by atoms with E-state index in [1.807, 2.05) is 22.6 Å². The molecule has 98 valence electrons. The number of rotatable bonds is 3. The fourth-order valence-corrected chi connectivity index (χ4v) is 1.81. The van der Waals surface area contributed by atoms with Gasteiger partial charge in [-0.2, -0.15) is 0 Å². The van der Waals surface area contributed by atoms with Crippen LogP contribution in [0.25, 0.3) is 0 Å². The first-order valence-corrected chi connectivity index (χ1v) is 6.23. The van der Waals surface area contributed by atoms with Crippen LogP contribution in [0.3, 0.4) is 0 Å². The molecule has 0 saturated heterocycles. The van der Waals surface area contributed by atoms with Gasteiger partial charge in [0, 0.05) is 12.1 Å². The van der Waals surface area contributed by atoms with Gasteiger partial charge in [0.15, 0.2) is 0 Å². The number of aromatic amines is 1. The van der Waals surface area contributed by atoms with E-state index >= 15 is 0 Å². The standard InChI is InChI=1S/C11H8IN3O4/c1-6-4-7(15(17)18)2-3-8(6)19-11-9(12)10(16)13-5-14-11/h2-5H,1H3,(H,13,14,16). The van der Waals surface area contributed by atoms with Crippen LogP contribution in [0, 0.1) is 20.6 Å². The molecule has 7 nitrogen and oxygen atoms in total. The molecule has 1 heterocycles. The summed E-state index contributed by atoms with van der Waals surface area (Å²) in [6, 6.07) is 4.21. The molecular weight excluding hydrogens is 365 g/mol. The smallest absolute Gasteiger partial charge is 0.269 e. The van der Waals surface area contributed by atoms with E-state index < -0.39 is 4.92 Å². The zero-order valence-electron chi connectivity index (χ0n) is 9.71. The largest absolute Gasteiger partial charge is 0.437 e. The Morgan fingerprint density at radius 3 is 2.84 bits per heavy atom. The highest BCUT2D eigenvalue weighted by Gasteiger charge is 2.12. The van der Waals surface area contributed by atoms with Crippen LogP contribution in [0.2, 0.25) is 0 Å². The number of nitro benzene ring substituents is 1. The van der Waals surface area contributed by atoms with E-state index in [1.54, 1.807) is 6.92 Å². The lowest BCUT2D eigenvalue weighted by Gasteiger charge is -2.08. The van der Waals surface area contributed by atoms with Crippen LogP contribution in [0.4, 0.5) is 5.69 Å². The van der Waals surface area contributed by atoms with Gasteiger partial charge in [0.1, 0.15) is 9.32 Å². The topological polar surface area (TPSA) is 98.1 Å². The SMILES string of the molecule is Cc1cc([N+](=O)[O-])ccc1Oc1nc[nH]c(=O)c1I. The summed E-state index contributed by atoms with van der Waals surface area (Å²) in [5, 5.41) is 10.6. The molecule has 0 aliphatic heterocycles. The molecule has 19 heavy (non-hydrogen) atoms. The molecule has 0 spiro atoms. The Morgan fingerprint density at radius 2 is 2.21 bits per heavy atom. The van der Waals surface area contributed by atoms with Gasteiger partial charge in [0.25, 0.3) is 11.2 Å². The predicted octanol–water partition coefficient (Wildman–Crippen LogP) is 2.38. The molecule has 0 fully saturated rings. The molecule has 0 atom stereocenters. The number of ether oxygens (including phenoxy) is 1. The van der Waals surface area contributed by atoms with Crippen molar-refractivity contribution in [1.29, 1.82) is 0 Å². The van der Waals surface area contributed by atoms with Crippen molar-refractivity contribution in [3.05, 3.63) is 54.1 Å². The Morgan fingerprint density at radius 1 is 1.47 bits per heavy atom. The molecule has 0 unspecified atom stereocenters. The van der Waals surface area contributed by atoms with E-state index in [0.29, 0.717) is 14.9 Å². The number of aromatic nitrogens is 2. The Labute approximate surface area is 120 Å². The van der Waals surface area contributed by atoms with E-state index in [2.05, 4.69) is 9.97 Å². The summed E-state index contributed by atoms with van der Waals surface area (Å²) in [7, 11) is 0. The van der Waals surface area contributed by atoms with Crippen LogP contribution in [0.5, 0.6) is 11.6 Å². The van der Waals surface area contributed by atoms with Gasteiger partial charge in [-0.3, -0.25) is 14.9 Å². The molecule has 1 aromatic heterocycles. The number of benzene rings is 1. The summed E-state index contributed by atoms with van der Waals surface area (Å²) >= 11 is 1.82. The minimum Gasteiger partial charge on any atom is -0.437 e. The van der Waals surface area contributed by atoms with Gasteiger partial charge in [-0.05, 0) is 41.1 Å². The summed E-state index contributed by atoms with van der Waals surface area (Å²) in [5.41, 5.74) is 0.274. The van der Waals surface area contributed by atoms with Gasteiger partial charge in [-0.25, -0.2) is 4.98 Å². The number of H-pyrrole nitrogens is 1. The van der Waals surface area contributed by atoms with Crippen LogP contribution < -0.4 is 10.3 Å². The third-order valence-corrected chi connectivity index (χ3v) is 3.29. The first kappa shape index (κ1) is 13.5. The van der Waals surface area contributed by atoms with Crippen molar-refractivity contribution in [3.8, 4) is 11.6 Å². The highest BCUT2D eigenvalue weighted by molar-refractivity contribution is 14.1. The van der Waals surface area contributed by atoms with Crippen molar-refractivity contribution in [2.24, 2.45) is 0 Å². The fourth-order valence-electron chi connectivity index (χ4n) is 1.40. The minimum absolute atomic E-state index is 0.0154. The first-order valence-electron chi connectivity index (χ1n) is 5.15. The van der Waals surface area contributed by atoms with Crippen LogP contribution in [0.15, 0.2) is 29.3 Å². The molecule has 2 aromatic rings. The first-order chi connectivity index (χ1) is 8.99. The maximum atomic E-state index is 11.4. The van der Waals surface area contributed by atoms with E-state index in [9.17, 15) is 14.9 Å². The second-order valence-corrected chi connectivity index (χ2v) is 4.74. The van der Waals surface area contributed by atoms with Crippen LogP contribution >= 0.6 is 22.6 Å². The van der Waals surface area contributed by atoms with Crippen LogP contribution in [0.1, 0.15) is 5.56 Å². The number of hydrogen-bond acceptors (Lipinski definition) is 5. The summed E-state index contributed by atoms with van der Waals surface area (Å²) in [4.78, 5) is 27.9. The molecule has 0 aliphatic carbocycles. The fraction of sp³-hybridized carbons (Fsp3) is 0.0909. The van der Waals surface area contributed by atoms with Crippen molar-refractivity contribution in [2.45, 2.75) is 6.92 Å². The highest BCUT2D eigenvalue weighted by Crippen LogP contribution is 2.28. The van der Waals surface area contributed by atoms with Crippen LogP contribution in [-0.4, -0.2) is 14.9 Å². The number of halogens is 1. The third-order valence-electron chi connectivity index (χ3n) is 2.34. The van der Waals surface area contributed by atoms with Crippen molar-refractivity contribution in [2.75, 3.05) is 0 Å². The van der Waals surface area contributed by atoms with Crippen molar-refractivity contribution in [1.82, 2.24) is 9.97 Å². The van der Waals surface area contributed by atoms with Crippen molar-refractivity contribution >= 4 is 28.3 Å². The molecule has 0 amide bonds. The Balaban J connectivity index is 2.36. The van der Waals surface area contributed by atoms with Gasteiger partial charge < -0.3 is 9.72 Å². The lowest BCUT2D eigenvalue weighted by atomic mass is 10.2. The maximum absolute atomic E-state index is 11.4. The Bertz CT molecular complexity index is 699. The summed E-state index contributed by atoms with van der Waals surface area (Å²) in [6.07, 6.45) is 1.24. The van der Waals surface area contributed by atoms with Gasteiger partial charge in [-0.15, -0.1) is 0 Å². The monoisotopic (exact) mass is 373 g/mol. The summed E-state index contributed by atoms with van der Waals surface area (Å²) in [6.45, 7) is 1.68. The number of hydrogen-bond donors (Lipinski definition) is 1. The van der Waals surface area contributed by atoms with E-state index in [4.69, 9.17) is 4.74 Å². The molecule has 0 aliphatic rings. The average Bonchev–Trinajstić information content (AvgIpc) is 2.37. The molecule has 0 saturated carbocycles. The lowest BCUT2D eigenvalue weighted by molar-refractivity contribution is -0.384. The van der Waals surface area contributed by atoms with Gasteiger partial charge >= 0.3 is 0 Å². The molecule has 8 heteroatoms. The molecule has 0 radical (unpaired) electrons. The number of non-ortho nitro benzene ring substituents is 1. The zero-order chi connectivity index (χ0) is 14.0. The number of aryl methyl sites for hydroxylation is 1. The summed E-state index contributed by atoms with van der Waals surface area (Å²) < 4.78 is 5.81. The van der Waals surface area contributed by atoms with Crippen molar-refractivity contribution < 1.29 is 9.66 Å². The van der Waals surface area contributed by atoms with Gasteiger partial charge in [-0.1, -0.05) is 0 Å². The van der Waals surface area contributed by atoms with Crippen LogP contribution in [-0.2, 0) is 0 Å². The lowest BCUT2D eigenvalue weighted by Crippen LogP contribution is -2.11. The van der Waals surface area contributed by atoms with E-state index in [1.165, 1.54) is 24.5 Å². The molecule has 1 aromatic carbocycles.